The lowest BCUT2D eigenvalue weighted by Gasteiger charge is -2.28. The fourth-order valence-corrected chi connectivity index (χ4v) is 4.66. The summed E-state index contributed by atoms with van der Waals surface area (Å²) in [7, 11) is 0. The molecule has 134 valence electrons. The third kappa shape index (κ3) is 4.40. The van der Waals surface area contributed by atoms with Gasteiger partial charge < -0.3 is 10.6 Å². The lowest BCUT2D eigenvalue weighted by molar-refractivity contribution is -0.117. The number of fused-ring (bicyclic) bond motifs is 2. The van der Waals surface area contributed by atoms with Crippen molar-refractivity contribution in [1.29, 1.82) is 0 Å². The number of piperidine rings is 1. The molecule has 3 heterocycles. The Hall–Kier alpha value is -1.43. The molecular weight excluding hydrogens is 354 g/mol. The largest absolute Gasteiger partial charge is 0.326 e. The third-order valence-corrected chi connectivity index (χ3v) is 5.90. The van der Waals surface area contributed by atoms with E-state index in [-0.39, 0.29) is 18.3 Å². The number of carbonyl (C=O) groups excluding carboxylic acids is 1. The quantitative estimate of drug-likeness (QED) is 0.830. The minimum atomic E-state index is 0. The molecule has 2 aliphatic heterocycles. The van der Waals surface area contributed by atoms with E-state index in [1.54, 1.807) is 11.3 Å². The molecule has 4 rings (SSSR count). The number of hydrogen-bond acceptors (Lipinski definition) is 4. The number of anilines is 1. The second-order valence-corrected chi connectivity index (χ2v) is 8.12. The predicted octanol–water partition coefficient (Wildman–Crippen LogP) is 4.40. The first kappa shape index (κ1) is 18.4. The Balaban J connectivity index is 0.00000182. The van der Waals surface area contributed by atoms with Crippen molar-refractivity contribution in [3.8, 4) is 11.3 Å². The van der Waals surface area contributed by atoms with Crippen LogP contribution in [0.1, 0.15) is 37.1 Å². The molecule has 25 heavy (non-hydrogen) atoms. The maximum absolute atomic E-state index is 12.3. The number of thiazole rings is 1. The van der Waals surface area contributed by atoms with Crippen LogP contribution in [0.15, 0.2) is 29.6 Å². The number of aromatic nitrogens is 1. The Morgan fingerprint density at radius 1 is 1.24 bits per heavy atom. The van der Waals surface area contributed by atoms with Crippen LogP contribution in [0.4, 0.5) is 5.69 Å². The molecule has 2 atom stereocenters. The summed E-state index contributed by atoms with van der Waals surface area (Å²) in [5.74, 6) is 0.666. The van der Waals surface area contributed by atoms with Gasteiger partial charge >= 0.3 is 0 Å². The SMILES string of the molecule is Cc1nc(-c2ccc(NC(=O)CC3CC4CCC(C3)N4)cc2)cs1.Cl. The van der Waals surface area contributed by atoms with Crippen molar-refractivity contribution in [1.82, 2.24) is 10.3 Å². The molecule has 1 aromatic heterocycles. The van der Waals surface area contributed by atoms with Crippen LogP contribution in [-0.2, 0) is 4.79 Å². The van der Waals surface area contributed by atoms with Crippen molar-refractivity contribution in [2.45, 2.75) is 51.1 Å². The van der Waals surface area contributed by atoms with Crippen LogP contribution >= 0.6 is 23.7 Å². The van der Waals surface area contributed by atoms with E-state index in [2.05, 4.69) is 21.0 Å². The van der Waals surface area contributed by atoms with Crippen molar-refractivity contribution >= 4 is 35.3 Å². The summed E-state index contributed by atoms with van der Waals surface area (Å²) in [5.41, 5.74) is 2.96. The van der Waals surface area contributed by atoms with Gasteiger partial charge in [-0.25, -0.2) is 4.98 Å². The average molecular weight is 378 g/mol. The number of nitrogens with one attached hydrogen (secondary N) is 2. The number of aryl methyl sites for hydroxylation is 1. The Bertz CT molecular complexity index is 719. The summed E-state index contributed by atoms with van der Waals surface area (Å²) in [6.07, 6.45) is 5.49. The molecule has 0 aliphatic carbocycles. The summed E-state index contributed by atoms with van der Waals surface area (Å²) in [6.45, 7) is 2.01. The molecule has 2 unspecified atom stereocenters. The Kier molecular flexibility index (Phi) is 5.77. The highest BCUT2D eigenvalue weighted by atomic mass is 35.5. The van der Waals surface area contributed by atoms with Gasteiger partial charge in [-0.2, -0.15) is 0 Å². The first-order valence-corrected chi connectivity index (χ1v) is 9.62. The summed E-state index contributed by atoms with van der Waals surface area (Å²) in [6, 6.07) is 9.26. The van der Waals surface area contributed by atoms with Gasteiger partial charge in [-0.15, -0.1) is 23.7 Å². The van der Waals surface area contributed by atoms with Crippen molar-refractivity contribution in [2.24, 2.45) is 5.92 Å². The van der Waals surface area contributed by atoms with Gasteiger partial charge in [0.05, 0.1) is 10.7 Å². The fourth-order valence-electron chi connectivity index (χ4n) is 4.04. The molecular formula is C19H24ClN3OS. The van der Waals surface area contributed by atoms with E-state index in [4.69, 9.17) is 0 Å². The van der Waals surface area contributed by atoms with Crippen LogP contribution in [0.25, 0.3) is 11.3 Å². The summed E-state index contributed by atoms with van der Waals surface area (Å²) in [4.78, 5) is 16.8. The standard InChI is InChI=1S/C19H23N3OS.ClH/c1-12-20-18(11-24-12)14-2-4-15(5-3-14)22-19(23)10-13-8-16-6-7-17(9-13)21-16;/h2-5,11,13,16-17,21H,6-10H2,1H3,(H,22,23);1H. The van der Waals surface area contributed by atoms with Crippen LogP contribution < -0.4 is 10.6 Å². The van der Waals surface area contributed by atoms with Crippen LogP contribution in [0, 0.1) is 12.8 Å². The van der Waals surface area contributed by atoms with Gasteiger partial charge in [-0.1, -0.05) is 12.1 Å². The van der Waals surface area contributed by atoms with E-state index in [9.17, 15) is 4.79 Å². The van der Waals surface area contributed by atoms with Gasteiger partial charge in [0.2, 0.25) is 5.91 Å². The number of nitrogens with zero attached hydrogens (tertiary/aromatic N) is 1. The molecule has 2 N–H and O–H groups in total. The minimum Gasteiger partial charge on any atom is -0.326 e. The number of carbonyl (C=O) groups is 1. The minimum absolute atomic E-state index is 0. The first-order chi connectivity index (χ1) is 11.7. The normalized spacial score (nSPS) is 24.6. The topological polar surface area (TPSA) is 54.0 Å². The van der Waals surface area contributed by atoms with Crippen molar-refractivity contribution in [3.63, 3.8) is 0 Å². The van der Waals surface area contributed by atoms with Crippen molar-refractivity contribution in [2.75, 3.05) is 5.32 Å². The van der Waals surface area contributed by atoms with Crippen LogP contribution in [0.3, 0.4) is 0 Å². The summed E-state index contributed by atoms with van der Waals surface area (Å²) in [5, 5.41) is 9.81. The van der Waals surface area contributed by atoms with E-state index >= 15 is 0 Å². The van der Waals surface area contributed by atoms with Crippen molar-refractivity contribution in [3.05, 3.63) is 34.7 Å². The molecule has 2 fully saturated rings. The van der Waals surface area contributed by atoms with E-state index in [1.165, 1.54) is 12.8 Å². The average Bonchev–Trinajstić information content (AvgIpc) is 3.13. The van der Waals surface area contributed by atoms with Gasteiger partial charge in [-0.05, 0) is 50.7 Å². The highest BCUT2D eigenvalue weighted by molar-refractivity contribution is 7.09. The number of halogens is 1. The van der Waals surface area contributed by atoms with E-state index in [0.717, 1.165) is 34.8 Å². The molecule has 4 nitrogen and oxygen atoms in total. The van der Waals surface area contributed by atoms with E-state index in [1.807, 2.05) is 31.2 Å². The molecule has 0 saturated carbocycles. The smallest absolute Gasteiger partial charge is 0.224 e. The van der Waals surface area contributed by atoms with Crippen LogP contribution in [0.2, 0.25) is 0 Å². The molecule has 6 heteroatoms. The number of benzene rings is 1. The van der Waals surface area contributed by atoms with E-state index in [0.29, 0.717) is 24.4 Å². The Labute approximate surface area is 158 Å². The van der Waals surface area contributed by atoms with Gasteiger partial charge in [-0.3, -0.25) is 4.79 Å². The maximum atomic E-state index is 12.3. The summed E-state index contributed by atoms with van der Waals surface area (Å²) < 4.78 is 0. The Morgan fingerprint density at radius 3 is 2.52 bits per heavy atom. The summed E-state index contributed by atoms with van der Waals surface area (Å²) >= 11 is 1.65. The van der Waals surface area contributed by atoms with Gasteiger partial charge in [0.15, 0.2) is 0 Å². The molecule has 2 saturated heterocycles. The third-order valence-electron chi connectivity index (χ3n) is 5.13. The second kappa shape index (κ2) is 7.85. The van der Waals surface area contributed by atoms with Crippen LogP contribution in [0.5, 0.6) is 0 Å². The van der Waals surface area contributed by atoms with Gasteiger partial charge in [0.1, 0.15) is 0 Å². The highest BCUT2D eigenvalue weighted by Crippen LogP contribution is 2.33. The van der Waals surface area contributed by atoms with Gasteiger partial charge in [0, 0.05) is 35.1 Å². The molecule has 1 aromatic carbocycles. The fraction of sp³-hybridized carbons (Fsp3) is 0.474. The predicted molar refractivity (Wildman–Crippen MR) is 105 cm³/mol. The lowest BCUT2D eigenvalue weighted by atomic mass is 9.89. The second-order valence-electron chi connectivity index (χ2n) is 7.06. The number of hydrogen-bond donors (Lipinski definition) is 2. The van der Waals surface area contributed by atoms with Gasteiger partial charge in [0.25, 0.3) is 0 Å². The number of amides is 1. The molecule has 0 spiro atoms. The zero-order chi connectivity index (χ0) is 16.5. The molecule has 2 aromatic rings. The molecule has 2 bridgehead atoms. The monoisotopic (exact) mass is 377 g/mol. The lowest BCUT2D eigenvalue weighted by Crippen LogP contribution is -2.39. The van der Waals surface area contributed by atoms with Crippen LogP contribution in [-0.4, -0.2) is 23.0 Å². The first-order valence-electron chi connectivity index (χ1n) is 8.74. The molecule has 2 aliphatic rings. The number of rotatable bonds is 4. The highest BCUT2D eigenvalue weighted by Gasteiger charge is 2.34. The molecule has 0 radical (unpaired) electrons. The molecule has 1 amide bonds. The zero-order valence-corrected chi connectivity index (χ0v) is 16.0. The maximum Gasteiger partial charge on any atom is 0.224 e. The zero-order valence-electron chi connectivity index (χ0n) is 14.3. The van der Waals surface area contributed by atoms with E-state index < -0.39 is 0 Å². The Morgan fingerprint density at radius 2 is 1.92 bits per heavy atom. The van der Waals surface area contributed by atoms with Crippen molar-refractivity contribution < 1.29 is 4.79 Å².